The summed E-state index contributed by atoms with van der Waals surface area (Å²) in [5, 5.41) is 0. The van der Waals surface area contributed by atoms with Crippen LogP contribution in [0.5, 0.6) is 0 Å². The number of ketones is 1. The smallest absolute Gasteiger partial charge is 0.232 e. The summed E-state index contributed by atoms with van der Waals surface area (Å²) < 4.78 is 0. The Morgan fingerprint density at radius 2 is 1.91 bits per heavy atom. The lowest BCUT2D eigenvalue weighted by molar-refractivity contribution is -0.132. The van der Waals surface area contributed by atoms with Gasteiger partial charge in [-0.3, -0.25) is 9.59 Å². The number of piperidine rings is 1. The van der Waals surface area contributed by atoms with Gasteiger partial charge in [0, 0.05) is 24.7 Å². The second-order valence-electron chi connectivity index (χ2n) is 6.28. The quantitative estimate of drug-likeness (QED) is 0.719. The molecule has 1 aromatic rings. The van der Waals surface area contributed by atoms with Crippen LogP contribution in [-0.4, -0.2) is 66.2 Å². The van der Waals surface area contributed by atoms with E-state index in [0.29, 0.717) is 17.5 Å². The van der Waals surface area contributed by atoms with Gasteiger partial charge in [-0.15, -0.1) is 11.8 Å². The zero-order valence-electron chi connectivity index (χ0n) is 14.0. The zero-order valence-corrected chi connectivity index (χ0v) is 14.8. The maximum Gasteiger partial charge on any atom is 0.232 e. The van der Waals surface area contributed by atoms with Crippen LogP contribution in [-0.2, 0) is 4.79 Å². The van der Waals surface area contributed by atoms with Crippen LogP contribution < -0.4 is 0 Å². The van der Waals surface area contributed by atoms with Gasteiger partial charge in [0.25, 0.3) is 0 Å². The van der Waals surface area contributed by atoms with E-state index < -0.39 is 0 Å². The summed E-state index contributed by atoms with van der Waals surface area (Å²) in [4.78, 5) is 28.7. The fourth-order valence-electron chi connectivity index (χ4n) is 2.96. The molecule has 0 aliphatic carbocycles. The van der Waals surface area contributed by atoms with E-state index in [1.165, 1.54) is 18.2 Å². The van der Waals surface area contributed by atoms with Crippen molar-refractivity contribution in [2.45, 2.75) is 25.3 Å². The molecule has 5 heteroatoms. The van der Waals surface area contributed by atoms with Gasteiger partial charge in [-0.25, -0.2) is 0 Å². The van der Waals surface area contributed by atoms with Crippen LogP contribution in [0.1, 0.15) is 29.6 Å². The van der Waals surface area contributed by atoms with Gasteiger partial charge in [0.2, 0.25) is 5.91 Å². The highest BCUT2D eigenvalue weighted by Crippen LogP contribution is 2.19. The molecule has 1 aliphatic rings. The number of hydrogen-bond donors (Lipinski definition) is 0. The molecular weight excluding hydrogens is 308 g/mol. The van der Waals surface area contributed by atoms with Crippen molar-refractivity contribution >= 4 is 23.5 Å². The van der Waals surface area contributed by atoms with Crippen LogP contribution >= 0.6 is 11.8 Å². The molecule has 1 aromatic carbocycles. The number of likely N-dealkylation sites (N-methyl/N-ethyl adjacent to an activating group) is 1. The van der Waals surface area contributed by atoms with Crippen LogP contribution in [0.25, 0.3) is 0 Å². The topological polar surface area (TPSA) is 40.6 Å². The Balaban J connectivity index is 1.80. The van der Waals surface area contributed by atoms with Gasteiger partial charge < -0.3 is 9.80 Å². The predicted octanol–water partition coefficient (Wildman–Crippen LogP) is 2.55. The highest BCUT2D eigenvalue weighted by atomic mass is 32.2. The van der Waals surface area contributed by atoms with Crippen LogP contribution in [0.15, 0.2) is 30.3 Å². The molecule has 1 amide bonds. The number of Topliss-reactive ketones (excluding diaryl/α,β-unsaturated/α-hetero) is 1. The fourth-order valence-corrected chi connectivity index (χ4v) is 3.76. The number of rotatable bonds is 7. The normalized spacial score (nSPS) is 18.2. The summed E-state index contributed by atoms with van der Waals surface area (Å²) in [6, 6.07) is 9.59. The molecule has 0 N–H and O–H groups in total. The largest absolute Gasteiger partial charge is 0.338 e. The Labute approximate surface area is 143 Å². The van der Waals surface area contributed by atoms with Crippen molar-refractivity contribution in [1.82, 2.24) is 9.80 Å². The van der Waals surface area contributed by atoms with Gasteiger partial charge in [-0.2, -0.15) is 0 Å². The second kappa shape index (κ2) is 9.08. The van der Waals surface area contributed by atoms with E-state index in [-0.39, 0.29) is 11.7 Å². The summed E-state index contributed by atoms with van der Waals surface area (Å²) in [5.41, 5.74) is 0.718. The Hall–Kier alpha value is -1.33. The number of likely N-dealkylation sites (tertiary alicyclic amines) is 1. The van der Waals surface area contributed by atoms with Crippen molar-refractivity contribution in [3.05, 3.63) is 35.9 Å². The number of carbonyl (C=O) groups excluding carboxylic acids is 2. The van der Waals surface area contributed by atoms with Crippen LogP contribution in [0.2, 0.25) is 0 Å². The van der Waals surface area contributed by atoms with Crippen molar-refractivity contribution in [3.8, 4) is 0 Å². The number of thioether (sulfide) groups is 1. The molecule has 1 atom stereocenters. The maximum absolute atomic E-state index is 12.5. The Morgan fingerprint density at radius 3 is 2.61 bits per heavy atom. The minimum atomic E-state index is 0.0897. The SMILES string of the molecule is CN(C)CC1CCCCN1C(=O)CSCC(=O)c1ccccc1. The Morgan fingerprint density at radius 1 is 1.17 bits per heavy atom. The van der Waals surface area contributed by atoms with E-state index in [1.54, 1.807) is 0 Å². The third-order valence-corrected chi connectivity index (χ3v) is 5.00. The van der Waals surface area contributed by atoms with E-state index >= 15 is 0 Å². The first kappa shape index (κ1) is 18.0. The van der Waals surface area contributed by atoms with Gasteiger partial charge in [-0.1, -0.05) is 30.3 Å². The fraction of sp³-hybridized carbons (Fsp3) is 0.556. The molecule has 23 heavy (non-hydrogen) atoms. The monoisotopic (exact) mass is 334 g/mol. The van der Waals surface area contributed by atoms with Crippen molar-refractivity contribution < 1.29 is 9.59 Å². The molecule has 1 aliphatic heterocycles. The lowest BCUT2D eigenvalue weighted by Crippen LogP contribution is -2.49. The number of carbonyl (C=O) groups is 2. The summed E-state index contributed by atoms with van der Waals surface area (Å²) in [7, 11) is 4.09. The van der Waals surface area contributed by atoms with Crippen molar-refractivity contribution in [1.29, 1.82) is 0 Å². The highest BCUT2D eigenvalue weighted by Gasteiger charge is 2.26. The lowest BCUT2D eigenvalue weighted by atomic mass is 10.0. The average Bonchev–Trinajstić information content (AvgIpc) is 2.55. The van der Waals surface area contributed by atoms with E-state index in [4.69, 9.17) is 0 Å². The van der Waals surface area contributed by atoms with Crippen molar-refractivity contribution in [2.24, 2.45) is 0 Å². The molecular formula is C18H26N2O2S. The molecule has 0 saturated carbocycles. The van der Waals surface area contributed by atoms with E-state index in [2.05, 4.69) is 4.90 Å². The van der Waals surface area contributed by atoms with E-state index in [0.717, 1.165) is 31.5 Å². The molecule has 0 aromatic heterocycles. The maximum atomic E-state index is 12.5. The first-order chi connectivity index (χ1) is 11.1. The molecule has 0 radical (unpaired) electrons. The minimum absolute atomic E-state index is 0.0897. The molecule has 1 saturated heterocycles. The summed E-state index contributed by atoms with van der Waals surface area (Å²) in [6.45, 7) is 1.77. The van der Waals surface area contributed by atoms with E-state index in [9.17, 15) is 9.59 Å². The number of benzene rings is 1. The van der Waals surface area contributed by atoms with Crippen molar-refractivity contribution in [2.75, 3.05) is 38.7 Å². The lowest BCUT2D eigenvalue weighted by Gasteiger charge is -2.37. The number of hydrogen-bond acceptors (Lipinski definition) is 4. The summed E-state index contributed by atoms with van der Waals surface area (Å²) in [5.74, 6) is 1.01. The molecule has 2 rings (SSSR count). The third-order valence-electron chi connectivity index (χ3n) is 4.08. The number of amides is 1. The molecule has 126 valence electrons. The molecule has 4 nitrogen and oxygen atoms in total. The molecule has 1 unspecified atom stereocenters. The van der Waals surface area contributed by atoms with Crippen molar-refractivity contribution in [3.63, 3.8) is 0 Å². The standard InChI is InChI=1S/C18H26N2O2S/c1-19(2)12-16-10-6-7-11-20(16)18(22)14-23-13-17(21)15-8-4-3-5-9-15/h3-5,8-9,16H,6-7,10-14H2,1-2H3. The van der Waals surface area contributed by atoms with E-state index in [1.807, 2.05) is 49.3 Å². The molecule has 1 heterocycles. The summed E-state index contributed by atoms with van der Waals surface area (Å²) >= 11 is 1.42. The zero-order chi connectivity index (χ0) is 16.7. The summed E-state index contributed by atoms with van der Waals surface area (Å²) in [6.07, 6.45) is 3.36. The average molecular weight is 334 g/mol. The van der Waals surface area contributed by atoms with Gasteiger partial charge in [0.15, 0.2) is 5.78 Å². The van der Waals surface area contributed by atoms with Gasteiger partial charge in [0.1, 0.15) is 0 Å². The first-order valence-corrected chi connectivity index (χ1v) is 9.33. The van der Waals surface area contributed by atoms with Gasteiger partial charge in [-0.05, 0) is 33.4 Å². The van der Waals surface area contributed by atoms with Crippen LogP contribution in [0.4, 0.5) is 0 Å². The number of nitrogens with zero attached hydrogens (tertiary/aromatic N) is 2. The first-order valence-electron chi connectivity index (χ1n) is 8.18. The Bertz CT molecular complexity index is 519. The van der Waals surface area contributed by atoms with Crippen LogP contribution in [0, 0.1) is 0 Å². The third kappa shape index (κ3) is 5.66. The Kier molecular flexibility index (Phi) is 7.12. The predicted molar refractivity (Wildman–Crippen MR) is 96.0 cm³/mol. The second-order valence-corrected chi connectivity index (χ2v) is 7.27. The molecule has 0 bridgehead atoms. The van der Waals surface area contributed by atoms with Gasteiger partial charge >= 0.3 is 0 Å². The molecule has 0 spiro atoms. The minimum Gasteiger partial charge on any atom is -0.338 e. The van der Waals surface area contributed by atoms with Gasteiger partial charge in [0.05, 0.1) is 11.5 Å². The highest BCUT2D eigenvalue weighted by molar-refractivity contribution is 8.00. The molecule has 1 fully saturated rings. The van der Waals surface area contributed by atoms with Crippen LogP contribution in [0.3, 0.4) is 0 Å².